The van der Waals surface area contributed by atoms with Crippen LogP contribution in [0, 0.1) is 6.92 Å². The van der Waals surface area contributed by atoms with Crippen molar-refractivity contribution < 1.29 is 9.53 Å². The van der Waals surface area contributed by atoms with Crippen LogP contribution in [0.4, 0.5) is 0 Å². The van der Waals surface area contributed by atoms with Gasteiger partial charge in [-0.2, -0.15) is 0 Å². The van der Waals surface area contributed by atoms with Crippen molar-refractivity contribution in [2.75, 3.05) is 7.11 Å². The number of methoxy groups -OCH3 is 1. The van der Waals surface area contributed by atoms with E-state index in [9.17, 15) is 4.79 Å². The lowest BCUT2D eigenvalue weighted by Gasteiger charge is -2.08. The summed E-state index contributed by atoms with van der Waals surface area (Å²) < 4.78 is 6.21. The lowest BCUT2D eigenvalue weighted by molar-refractivity contribution is 0.103. The highest BCUT2D eigenvalue weighted by molar-refractivity contribution is 9.10. The molecule has 0 aromatic heterocycles. The normalized spacial score (nSPS) is 10.2. The molecule has 0 fully saturated rings. The number of para-hydroxylation sites is 1. The van der Waals surface area contributed by atoms with Gasteiger partial charge >= 0.3 is 0 Å². The standard InChI is InChI=1S/C15H13BrO2/c1-10-9-11(7-8-13(10)16)15(17)12-5-3-4-6-14(12)18-2/h3-9H,1-2H3. The number of carbonyl (C=O) groups is 1. The third kappa shape index (κ3) is 2.46. The molecule has 0 bridgehead atoms. The lowest BCUT2D eigenvalue weighted by atomic mass is 10.0. The molecule has 0 atom stereocenters. The number of hydrogen-bond donors (Lipinski definition) is 0. The Kier molecular flexibility index (Phi) is 3.82. The van der Waals surface area contributed by atoms with Gasteiger partial charge in [-0.25, -0.2) is 0 Å². The van der Waals surface area contributed by atoms with Gasteiger partial charge in [-0.3, -0.25) is 4.79 Å². The van der Waals surface area contributed by atoms with Gasteiger partial charge in [-0.05, 0) is 42.8 Å². The van der Waals surface area contributed by atoms with E-state index in [2.05, 4.69) is 15.9 Å². The summed E-state index contributed by atoms with van der Waals surface area (Å²) >= 11 is 3.43. The van der Waals surface area contributed by atoms with Gasteiger partial charge in [-0.15, -0.1) is 0 Å². The Balaban J connectivity index is 2.44. The van der Waals surface area contributed by atoms with Crippen molar-refractivity contribution in [1.82, 2.24) is 0 Å². The van der Waals surface area contributed by atoms with Crippen molar-refractivity contribution in [2.24, 2.45) is 0 Å². The van der Waals surface area contributed by atoms with E-state index < -0.39 is 0 Å². The molecule has 0 N–H and O–H groups in total. The zero-order chi connectivity index (χ0) is 13.1. The van der Waals surface area contributed by atoms with Gasteiger partial charge < -0.3 is 4.74 Å². The number of ether oxygens (including phenoxy) is 1. The summed E-state index contributed by atoms with van der Waals surface area (Å²) in [6.45, 7) is 1.96. The molecule has 0 saturated carbocycles. The zero-order valence-corrected chi connectivity index (χ0v) is 11.8. The maximum absolute atomic E-state index is 12.4. The van der Waals surface area contributed by atoms with Gasteiger partial charge in [0.15, 0.2) is 5.78 Å². The summed E-state index contributed by atoms with van der Waals surface area (Å²) in [6.07, 6.45) is 0. The molecular weight excluding hydrogens is 292 g/mol. The van der Waals surface area contributed by atoms with E-state index in [-0.39, 0.29) is 5.78 Å². The molecule has 0 aliphatic heterocycles. The molecule has 2 rings (SSSR count). The SMILES string of the molecule is COc1ccccc1C(=O)c1ccc(Br)c(C)c1. The first-order valence-corrected chi connectivity index (χ1v) is 6.36. The Morgan fingerprint density at radius 1 is 1.17 bits per heavy atom. The molecule has 0 unspecified atom stereocenters. The van der Waals surface area contributed by atoms with Crippen LogP contribution in [0.1, 0.15) is 21.5 Å². The summed E-state index contributed by atoms with van der Waals surface area (Å²) in [7, 11) is 1.57. The Morgan fingerprint density at radius 2 is 1.89 bits per heavy atom. The van der Waals surface area contributed by atoms with Gasteiger partial charge in [0.2, 0.25) is 0 Å². The average Bonchev–Trinajstić information content (AvgIpc) is 2.41. The molecule has 3 heteroatoms. The van der Waals surface area contributed by atoms with E-state index in [0.29, 0.717) is 16.9 Å². The first kappa shape index (κ1) is 12.8. The van der Waals surface area contributed by atoms with Gasteiger partial charge in [0.25, 0.3) is 0 Å². The average molecular weight is 305 g/mol. The summed E-state index contributed by atoms with van der Waals surface area (Å²) in [4.78, 5) is 12.4. The minimum Gasteiger partial charge on any atom is -0.496 e. The van der Waals surface area contributed by atoms with Gasteiger partial charge in [0, 0.05) is 10.0 Å². The number of hydrogen-bond acceptors (Lipinski definition) is 2. The molecule has 92 valence electrons. The smallest absolute Gasteiger partial charge is 0.196 e. The van der Waals surface area contributed by atoms with Crippen LogP contribution in [-0.4, -0.2) is 12.9 Å². The van der Waals surface area contributed by atoms with E-state index in [4.69, 9.17) is 4.74 Å². The molecule has 0 heterocycles. The van der Waals surface area contributed by atoms with Crippen molar-refractivity contribution in [2.45, 2.75) is 6.92 Å². The van der Waals surface area contributed by atoms with E-state index >= 15 is 0 Å². The molecule has 18 heavy (non-hydrogen) atoms. The highest BCUT2D eigenvalue weighted by Gasteiger charge is 2.14. The van der Waals surface area contributed by atoms with Crippen LogP contribution in [-0.2, 0) is 0 Å². The molecular formula is C15H13BrO2. The van der Waals surface area contributed by atoms with Crippen molar-refractivity contribution in [3.8, 4) is 5.75 Å². The molecule has 2 aromatic carbocycles. The Labute approximate surface area is 115 Å². The molecule has 0 saturated heterocycles. The van der Waals surface area contributed by atoms with Crippen LogP contribution in [0.25, 0.3) is 0 Å². The minimum atomic E-state index is -0.0250. The molecule has 0 aliphatic rings. The van der Waals surface area contributed by atoms with Crippen molar-refractivity contribution in [1.29, 1.82) is 0 Å². The lowest BCUT2D eigenvalue weighted by Crippen LogP contribution is -2.04. The second kappa shape index (κ2) is 5.36. The molecule has 0 radical (unpaired) electrons. The largest absolute Gasteiger partial charge is 0.496 e. The number of ketones is 1. The van der Waals surface area contributed by atoms with Crippen LogP contribution in [0.5, 0.6) is 5.75 Å². The quantitative estimate of drug-likeness (QED) is 0.801. The number of benzene rings is 2. The monoisotopic (exact) mass is 304 g/mol. The van der Waals surface area contributed by atoms with Crippen molar-refractivity contribution in [3.63, 3.8) is 0 Å². The molecule has 0 amide bonds. The minimum absolute atomic E-state index is 0.0250. The Bertz CT molecular complexity index is 591. The van der Waals surface area contributed by atoms with Gasteiger partial charge in [0.05, 0.1) is 12.7 Å². The summed E-state index contributed by atoms with van der Waals surface area (Å²) in [5.74, 6) is 0.575. The first-order valence-electron chi connectivity index (χ1n) is 5.57. The number of halogens is 1. The van der Waals surface area contributed by atoms with Crippen LogP contribution in [0.15, 0.2) is 46.9 Å². The Morgan fingerprint density at radius 3 is 2.56 bits per heavy atom. The Hall–Kier alpha value is -1.61. The second-order valence-corrected chi connectivity index (χ2v) is 4.85. The predicted molar refractivity (Wildman–Crippen MR) is 75.3 cm³/mol. The third-order valence-corrected chi connectivity index (χ3v) is 3.66. The van der Waals surface area contributed by atoms with Crippen LogP contribution < -0.4 is 4.74 Å². The highest BCUT2D eigenvalue weighted by atomic mass is 79.9. The van der Waals surface area contributed by atoms with Gasteiger partial charge in [-0.1, -0.05) is 28.1 Å². The van der Waals surface area contributed by atoms with Gasteiger partial charge in [0.1, 0.15) is 5.75 Å². The maximum Gasteiger partial charge on any atom is 0.196 e. The van der Waals surface area contributed by atoms with E-state index in [1.807, 2.05) is 37.3 Å². The van der Waals surface area contributed by atoms with E-state index in [1.165, 1.54) is 0 Å². The second-order valence-electron chi connectivity index (χ2n) is 3.99. The summed E-state index contributed by atoms with van der Waals surface area (Å²) in [6, 6.07) is 12.8. The fraction of sp³-hybridized carbons (Fsp3) is 0.133. The number of rotatable bonds is 3. The first-order chi connectivity index (χ1) is 8.63. The van der Waals surface area contributed by atoms with Crippen molar-refractivity contribution >= 4 is 21.7 Å². The highest BCUT2D eigenvalue weighted by Crippen LogP contribution is 2.23. The summed E-state index contributed by atoms with van der Waals surface area (Å²) in [5, 5.41) is 0. The molecule has 2 aromatic rings. The number of carbonyl (C=O) groups excluding carboxylic acids is 1. The molecule has 0 aliphatic carbocycles. The van der Waals surface area contributed by atoms with Crippen LogP contribution in [0.2, 0.25) is 0 Å². The van der Waals surface area contributed by atoms with Crippen LogP contribution in [0.3, 0.4) is 0 Å². The number of aryl methyl sites for hydroxylation is 1. The predicted octanol–water partition coefficient (Wildman–Crippen LogP) is 4.00. The van der Waals surface area contributed by atoms with E-state index in [1.54, 1.807) is 19.2 Å². The van der Waals surface area contributed by atoms with Crippen LogP contribution >= 0.6 is 15.9 Å². The fourth-order valence-corrected chi connectivity index (χ4v) is 2.02. The molecule has 0 spiro atoms. The van der Waals surface area contributed by atoms with E-state index in [0.717, 1.165) is 10.0 Å². The summed E-state index contributed by atoms with van der Waals surface area (Å²) in [5.41, 5.74) is 2.29. The zero-order valence-electron chi connectivity index (χ0n) is 10.2. The maximum atomic E-state index is 12.4. The third-order valence-electron chi connectivity index (χ3n) is 2.77. The van der Waals surface area contributed by atoms with Crippen molar-refractivity contribution in [3.05, 3.63) is 63.6 Å². The topological polar surface area (TPSA) is 26.3 Å². The fourth-order valence-electron chi connectivity index (χ4n) is 1.77. The molecule has 2 nitrogen and oxygen atoms in total.